The van der Waals surface area contributed by atoms with E-state index in [1.165, 1.54) is 0 Å². The monoisotopic (exact) mass is 295 g/mol. The Labute approximate surface area is 128 Å². The Bertz CT molecular complexity index is 803. The standard InChI is InChI=1S/C16H17N5O/c1-19-9-5-7-13(19)15-18-11-14(21(15)3)16(22)20(2)12-6-4-8-17-10-12/h4-11H,1-3H3. The molecule has 112 valence electrons. The van der Waals surface area contributed by atoms with Gasteiger partial charge in [-0.25, -0.2) is 4.98 Å². The molecule has 0 saturated carbocycles. The topological polar surface area (TPSA) is 56.0 Å². The van der Waals surface area contributed by atoms with Crippen LogP contribution in [-0.2, 0) is 14.1 Å². The highest BCUT2D eigenvalue weighted by Gasteiger charge is 2.20. The van der Waals surface area contributed by atoms with Crippen molar-refractivity contribution in [1.29, 1.82) is 0 Å². The molecule has 6 nitrogen and oxygen atoms in total. The molecule has 3 heterocycles. The number of aromatic nitrogens is 4. The van der Waals surface area contributed by atoms with Gasteiger partial charge in [-0.2, -0.15) is 0 Å². The molecule has 3 aromatic rings. The molecule has 22 heavy (non-hydrogen) atoms. The van der Waals surface area contributed by atoms with E-state index in [2.05, 4.69) is 9.97 Å². The maximum absolute atomic E-state index is 12.7. The molecule has 0 aromatic carbocycles. The summed E-state index contributed by atoms with van der Waals surface area (Å²) in [4.78, 5) is 22.7. The van der Waals surface area contributed by atoms with E-state index in [4.69, 9.17) is 0 Å². The zero-order valence-electron chi connectivity index (χ0n) is 12.8. The first-order valence-corrected chi connectivity index (χ1v) is 6.91. The lowest BCUT2D eigenvalue weighted by Gasteiger charge is -2.17. The predicted octanol–water partition coefficient (Wildman–Crippen LogP) is 2.10. The Kier molecular flexibility index (Phi) is 3.50. The van der Waals surface area contributed by atoms with Crippen LogP contribution in [0.15, 0.2) is 49.1 Å². The molecule has 0 spiro atoms. The molecule has 0 bridgehead atoms. The van der Waals surface area contributed by atoms with Gasteiger partial charge < -0.3 is 14.0 Å². The van der Waals surface area contributed by atoms with Crippen molar-refractivity contribution >= 4 is 11.6 Å². The first kappa shape index (κ1) is 14.1. The van der Waals surface area contributed by atoms with Crippen molar-refractivity contribution < 1.29 is 4.79 Å². The minimum atomic E-state index is -0.122. The first-order valence-electron chi connectivity index (χ1n) is 6.91. The number of hydrogen-bond donors (Lipinski definition) is 0. The van der Waals surface area contributed by atoms with E-state index < -0.39 is 0 Å². The molecule has 0 atom stereocenters. The summed E-state index contributed by atoms with van der Waals surface area (Å²) in [6.45, 7) is 0. The van der Waals surface area contributed by atoms with Gasteiger partial charge in [0.2, 0.25) is 0 Å². The van der Waals surface area contributed by atoms with Crippen LogP contribution in [0.5, 0.6) is 0 Å². The van der Waals surface area contributed by atoms with E-state index in [9.17, 15) is 4.79 Å². The second kappa shape index (κ2) is 5.48. The zero-order valence-corrected chi connectivity index (χ0v) is 12.8. The van der Waals surface area contributed by atoms with Crippen LogP contribution in [0.25, 0.3) is 11.5 Å². The van der Waals surface area contributed by atoms with Crippen LogP contribution in [-0.4, -0.2) is 32.1 Å². The molecule has 6 heteroatoms. The minimum absolute atomic E-state index is 0.122. The van der Waals surface area contributed by atoms with E-state index in [-0.39, 0.29) is 5.91 Å². The number of carbonyl (C=O) groups is 1. The lowest BCUT2D eigenvalue weighted by molar-refractivity contribution is 0.0985. The van der Waals surface area contributed by atoms with Crippen LogP contribution in [0, 0.1) is 0 Å². The average molecular weight is 295 g/mol. The maximum atomic E-state index is 12.7. The van der Waals surface area contributed by atoms with Crippen LogP contribution in [0.1, 0.15) is 10.5 Å². The number of carbonyl (C=O) groups excluding carboxylic acids is 1. The summed E-state index contributed by atoms with van der Waals surface area (Å²) in [7, 11) is 5.53. The summed E-state index contributed by atoms with van der Waals surface area (Å²) >= 11 is 0. The van der Waals surface area contributed by atoms with E-state index in [1.807, 2.05) is 47.6 Å². The third kappa shape index (κ3) is 2.28. The van der Waals surface area contributed by atoms with E-state index in [0.717, 1.165) is 17.2 Å². The molecule has 0 aliphatic heterocycles. The van der Waals surface area contributed by atoms with Crippen LogP contribution in [0.3, 0.4) is 0 Å². The number of rotatable bonds is 3. The summed E-state index contributed by atoms with van der Waals surface area (Å²) in [5.41, 5.74) is 2.24. The van der Waals surface area contributed by atoms with Gasteiger partial charge in [-0.3, -0.25) is 9.78 Å². The smallest absolute Gasteiger partial charge is 0.276 e. The molecule has 0 aliphatic carbocycles. The molecule has 0 aliphatic rings. The molecule has 3 aromatic heterocycles. The van der Waals surface area contributed by atoms with Crippen molar-refractivity contribution in [3.05, 3.63) is 54.7 Å². The Balaban J connectivity index is 1.95. The van der Waals surface area contributed by atoms with Crippen LogP contribution in [0.2, 0.25) is 0 Å². The van der Waals surface area contributed by atoms with Crippen molar-refractivity contribution in [3.63, 3.8) is 0 Å². The molecular weight excluding hydrogens is 278 g/mol. The number of anilines is 1. The lowest BCUT2D eigenvalue weighted by Crippen LogP contribution is -2.28. The highest BCUT2D eigenvalue weighted by Crippen LogP contribution is 2.20. The van der Waals surface area contributed by atoms with E-state index in [0.29, 0.717) is 5.69 Å². The third-order valence-corrected chi connectivity index (χ3v) is 3.72. The van der Waals surface area contributed by atoms with Crippen molar-refractivity contribution in [2.45, 2.75) is 0 Å². The Morgan fingerprint density at radius 1 is 1.18 bits per heavy atom. The molecule has 0 unspecified atom stereocenters. The number of aryl methyl sites for hydroxylation is 1. The lowest BCUT2D eigenvalue weighted by atomic mass is 10.3. The minimum Gasteiger partial charge on any atom is -0.348 e. The van der Waals surface area contributed by atoms with Gasteiger partial charge in [-0.15, -0.1) is 0 Å². The van der Waals surface area contributed by atoms with Crippen molar-refractivity contribution in [2.75, 3.05) is 11.9 Å². The average Bonchev–Trinajstić information content (AvgIpc) is 3.12. The van der Waals surface area contributed by atoms with Gasteiger partial charge in [0.05, 0.1) is 23.8 Å². The summed E-state index contributed by atoms with van der Waals surface area (Å²) in [5.74, 6) is 0.638. The maximum Gasteiger partial charge on any atom is 0.276 e. The molecule has 0 saturated heterocycles. The van der Waals surface area contributed by atoms with Crippen molar-refractivity contribution in [1.82, 2.24) is 19.1 Å². The van der Waals surface area contributed by atoms with Gasteiger partial charge in [0.1, 0.15) is 5.69 Å². The molecular formula is C16H17N5O. The Morgan fingerprint density at radius 2 is 2.00 bits per heavy atom. The Hall–Kier alpha value is -2.89. The summed E-state index contributed by atoms with van der Waals surface area (Å²) in [6.07, 6.45) is 6.90. The highest BCUT2D eigenvalue weighted by atomic mass is 16.2. The molecule has 1 amide bonds. The fraction of sp³-hybridized carbons (Fsp3) is 0.188. The van der Waals surface area contributed by atoms with Crippen LogP contribution >= 0.6 is 0 Å². The third-order valence-electron chi connectivity index (χ3n) is 3.72. The largest absolute Gasteiger partial charge is 0.348 e. The molecule has 0 fully saturated rings. The fourth-order valence-electron chi connectivity index (χ4n) is 2.38. The van der Waals surface area contributed by atoms with Gasteiger partial charge >= 0.3 is 0 Å². The Morgan fingerprint density at radius 3 is 2.64 bits per heavy atom. The van der Waals surface area contributed by atoms with Crippen molar-refractivity contribution in [3.8, 4) is 11.5 Å². The predicted molar refractivity (Wildman–Crippen MR) is 84.6 cm³/mol. The van der Waals surface area contributed by atoms with Gasteiger partial charge in [-0.05, 0) is 24.3 Å². The second-order valence-corrected chi connectivity index (χ2v) is 5.11. The molecule has 0 N–H and O–H groups in total. The molecule has 3 rings (SSSR count). The number of pyridine rings is 1. The number of imidazole rings is 1. The van der Waals surface area contributed by atoms with E-state index in [1.54, 1.807) is 36.6 Å². The number of hydrogen-bond acceptors (Lipinski definition) is 3. The first-order chi connectivity index (χ1) is 10.6. The second-order valence-electron chi connectivity index (χ2n) is 5.11. The van der Waals surface area contributed by atoms with Gasteiger partial charge in [-0.1, -0.05) is 0 Å². The van der Waals surface area contributed by atoms with Gasteiger partial charge in [0.15, 0.2) is 5.82 Å². The summed E-state index contributed by atoms with van der Waals surface area (Å²) in [5, 5.41) is 0. The summed E-state index contributed by atoms with van der Waals surface area (Å²) in [6, 6.07) is 7.58. The fourth-order valence-corrected chi connectivity index (χ4v) is 2.38. The zero-order chi connectivity index (χ0) is 15.7. The van der Waals surface area contributed by atoms with Gasteiger partial charge in [0, 0.05) is 33.5 Å². The highest BCUT2D eigenvalue weighted by molar-refractivity contribution is 6.04. The normalized spacial score (nSPS) is 10.7. The van der Waals surface area contributed by atoms with Crippen molar-refractivity contribution in [2.24, 2.45) is 14.1 Å². The SMILES string of the molecule is CN(C(=O)c1cnc(-c2cccn2C)n1C)c1cccnc1. The van der Waals surface area contributed by atoms with Crippen LogP contribution in [0.4, 0.5) is 5.69 Å². The quantitative estimate of drug-likeness (QED) is 0.743. The van der Waals surface area contributed by atoms with E-state index >= 15 is 0 Å². The van der Waals surface area contributed by atoms with Gasteiger partial charge in [0.25, 0.3) is 5.91 Å². The number of nitrogens with zero attached hydrogens (tertiary/aromatic N) is 5. The van der Waals surface area contributed by atoms with Crippen LogP contribution < -0.4 is 4.90 Å². The summed E-state index contributed by atoms with van der Waals surface area (Å²) < 4.78 is 3.78. The number of amides is 1. The molecule has 0 radical (unpaired) electrons.